The Kier molecular flexibility index (Phi) is 8.16. The van der Waals surface area contributed by atoms with Crippen molar-refractivity contribution in [2.45, 2.75) is 70.5 Å². The van der Waals surface area contributed by atoms with Gasteiger partial charge in [-0.15, -0.1) is 5.10 Å². The molecular formula is C32H44N6O. The molecule has 4 heterocycles. The Labute approximate surface area is 233 Å². The SMILES string of the molecule is CCc1nnc(NC2CCN(Cc3ccc(N4CCC(N5CCCC5)CC4)cc3)CC2)c2cc(OC)ccc12. The molecule has 0 bridgehead atoms. The third-order valence-electron chi connectivity index (χ3n) is 9.16. The minimum absolute atomic E-state index is 0.406. The maximum absolute atomic E-state index is 5.49. The quantitative estimate of drug-likeness (QED) is 0.423. The highest BCUT2D eigenvalue weighted by Crippen LogP contribution is 2.30. The third kappa shape index (κ3) is 5.99. The van der Waals surface area contributed by atoms with Crippen LogP contribution < -0.4 is 15.0 Å². The number of piperidine rings is 2. The van der Waals surface area contributed by atoms with Gasteiger partial charge in [-0.1, -0.05) is 19.1 Å². The Morgan fingerprint density at radius 2 is 1.59 bits per heavy atom. The molecule has 1 N–H and O–H groups in total. The summed E-state index contributed by atoms with van der Waals surface area (Å²) in [6.45, 7) is 10.3. The zero-order valence-electron chi connectivity index (χ0n) is 23.7. The monoisotopic (exact) mass is 528 g/mol. The summed E-state index contributed by atoms with van der Waals surface area (Å²) in [7, 11) is 1.71. The number of methoxy groups -OCH3 is 1. The van der Waals surface area contributed by atoms with Gasteiger partial charge >= 0.3 is 0 Å². The molecule has 39 heavy (non-hydrogen) atoms. The molecule has 0 saturated carbocycles. The fourth-order valence-corrected chi connectivity index (χ4v) is 6.78. The number of aromatic nitrogens is 2. The first-order chi connectivity index (χ1) is 19.2. The van der Waals surface area contributed by atoms with Crippen LogP contribution in [0.2, 0.25) is 0 Å². The average Bonchev–Trinajstić information content (AvgIpc) is 3.54. The lowest BCUT2D eigenvalue weighted by molar-refractivity contribution is 0.208. The number of hydrogen-bond acceptors (Lipinski definition) is 7. The predicted molar refractivity (Wildman–Crippen MR) is 160 cm³/mol. The summed E-state index contributed by atoms with van der Waals surface area (Å²) < 4.78 is 5.49. The largest absolute Gasteiger partial charge is 0.497 e. The topological polar surface area (TPSA) is 56.8 Å². The molecule has 0 spiro atoms. The fourth-order valence-electron chi connectivity index (χ4n) is 6.78. The smallest absolute Gasteiger partial charge is 0.156 e. The summed E-state index contributed by atoms with van der Waals surface area (Å²) in [6, 6.07) is 16.8. The number of aryl methyl sites for hydroxylation is 1. The summed E-state index contributed by atoms with van der Waals surface area (Å²) in [4.78, 5) is 7.90. The molecule has 3 aromatic rings. The summed E-state index contributed by atoms with van der Waals surface area (Å²) in [5, 5.41) is 15.1. The van der Waals surface area contributed by atoms with Gasteiger partial charge in [0.2, 0.25) is 0 Å². The lowest BCUT2D eigenvalue weighted by atomic mass is 10.0. The molecule has 2 aromatic carbocycles. The molecule has 208 valence electrons. The Hall–Kier alpha value is -2.90. The van der Waals surface area contributed by atoms with E-state index in [1.165, 1.54) is 63.1 Å². The highest BCUT2D eigenvalue weighted by atomic mass is 16.5. The van der Waals surface area contributed by atoms with Crippen LogP contribution in [0.15, 0.2) is 42.5 Å². The van der Waals surface area contributed by atoms with E-state index in [1.807, 2.05) is 6.07 Å². The predicted octanol–water partition coefficient (Wildman–Crippen LogP) is 5.34. The first-order valence-corrected chi connectivity index (χ1v) is 15.1. The van der Waals surface area contributed by atoms with Crippen LogP contribution in [0.5, 0.6) is 5.75 Å². The van der Waals surface area contributed by atoms with Gasteiger partial charge in [0.05, 0.1) is 12.8 Å². The molecule has 3 aliphatic rings. The van der Waals surface area contributed by atoms with Crippen LogP contribution >= 0.6 is 0 Å². The Balaban J connectivity index is 1.00. The van der Waals surface area contributed by atoms with E-state index in [2.05, 4.69) is 73.5 Å². The van der Waals surface area contributed by atoms with Gasteiger partial charge in [-0.05, 0) is 93.9 Å². The molecule has 1 aromatic heterocycles. The molecular weight excluding hydrogens is 484 g/mol. The Morgan fingerprint density at radius 3 is 2.28 bits per heavy atom. The van der Waals surface area contributed by atoms with Crippen LogP contribution in [0.3, 0.4) is 0 Å². The highest BCUT2D eigenvalue weighted by molar-refractivity contribution is 5.94. The average molecular weight is 529 g/mol. The number of nitrogens with one attached hydrogen (secondary N) is 1. The molecule has 3 saturated heterocycles. The number of nitrogens with zero attached hydrogens (tertiary/aromatic N) is 5. The number of hydrogen-bond donors (Lipinski definition) is 1. The number of rotatable bonds is 8. The van der Waals surface area contributed by atoms with E-state index in [4.69, 9.17) is 4.74 Å². The first-order valence-electron chi connectivity index (χ1n) is 15.1. The van der Waals surface area contributed by atoms with Crippen molar-refractivity contribution in [3.05, 3.63) is 53.7 Å². The molecule has 0 unspecified atom stereocenters. The van der Waals surface area contributed by atoms with Crippen molar-refractivity contribution in [3.63, 3.8) is 0 Å². The van der Waals surface area contributed by atoms with E-state index in [-0.39, 0.29) is 0 Å². The van der Waals surface area contributed by atoms with Gasteiger partial charge in [-0.3, -0.25) is 4.90 Å². The molecule has 7 nitrogen and oxygen atoms in total. The number of ether oxygens (including phenoxy) is 1. The van der Waals surface area contributed by atoms with Gasteiger partial charge in [0, 0.05) is 61.3 Å². The molecule has 0 amide bonds. The van der Waals surface area contributed by atoms with Crippen molar-refractivity contribution in [3.8, 4) is 5.75 Å². The maximum atomic E-state index is 5.49. The van der Waals surface area contributed by atoms with E-state index in [1.54, 1.807) is 7.11 Å². The number of likely N-dealkylation sites (tertiary alicyclic amines) is 2. The summed E-state index contributed by atoms with van der Waals surface area (Å²) in [5.41, 5.74) is 3.84. The highest BCUT2D eigenvalue weighted by Gasteiger charge is 2.26. The molecule has 0 radical (unpaired) electrons. The molecule has 3 aliphatic heterocycles. The van der Waals surface area contributed by atoms with Crippen LogP contribution in [0.1, 0.15) is 56.7 Å². The molecule has 6 rings (SSSR count). The van der Waals surface area contributed by atoms with Gasteiger partial charge in [0.1, 0.15) is 5.75 Å². The second-order valence-electron chi connectivity index (χ2n) is 11.6. The van der Waals surface area contributed by atoms with Crippen LogP contribution in [0.25, 0.3) is 10.8 Å². The molecule has 0 aliphatic carbocycles. The Bertz CT molecular complexity index is 1230. The summed E-state index contributed by atoms with van der Waals surface area (Å²) >= 11 is 0. The van der Waals surface area contributed by atoms with Crippen molar-refractivity contribution in [2.75, 3.05) is 56.6 Å². The maximum Gasteiger partial charge on any atom is 0.156 e. The fraction of sp³-hybridized carbons (Fsp3) is 0.562. The van der Waals surface area contributed by atoms with E-state index >= 15 is 0 Å². The van der Waals surface area contributed by atoms with E-state index in [9.17, 15) is 0 Å². The number of fused-ring (bicyclic) bond motifs is 1. The van der Waals surface area contributed by atoms with Crippen molar-refractivity contribution in [1.82, 2.24) is 20.0 Å². The van der Waals surface area contributed by atoms with Gasteiger partial charge in [-0.2, -0.15) is 5.10 Å². The van der Waals surface area contributed by atoms with Crippen LogP contribution in [0, 0.1) is 0 Å². The lowest BCUT2D eigenvalue weighted by Gasteiger charge is -2.38. The summed E-state index contributed by atoms with van der Waals surface area (Å²) in [5.74, 6) is 1.73. The summed E-state index contributed by atoms with van der Waals surface area (Å²) in [6.07, 6.45) is 8.48. The van der Waals surface area contributed by atoms with E-state index in [0.29, 0.717) is 6.04 Å². The Morgan fingerprint density at radius 1 is 0.846 bits per heavy atom. The van der Waals surface area contributed by atoms with Crippen LogP contribution in [-0.2, 0) is 13.0 Å². The normalized spacial score (nSPS) is 20.1. The van der Waals surface area contributed by atoms with Gasteiger partial charge < -0.3 is 19.9 Å². The number of anilines is 2. The van der Waals surface area contributed by atoms with Crippen molar-refractivity contribution in [2.24, 2.45) is 0 Å². The van der Waals surface area contributed by atoms with Gasteiger partial charge in [0.25, 0.3) is 0 Å². The van der Waals surface area contributed by atoms with Crippen LogP contribution in [-0.4, -0.2) is 78.5 Å². The van der Waals surface area contributed by atoms with E-state index < -0.39 is 0 Å². The minimum atomic E-state index is 0.406. The van der Waals surface area contributed by atoms with Gasteiger partial charge in [0.15, 0.2) is 5.82 Å². The lowest BCUT2D eigenvalue weighted by Crippen LogP contribution is -2.43. The molecule has 3 fully saturated rings. The minimum Gasteiger partial charge on any atom is -0.497 e. The first kappa shape index (κ1) is 26.3. The number of benzene rings is 2. The van der Waals surface area contributed by atoms with E-state index in [0.717, 1.165) is 73.0 Å². The molecule has 0 atom stereocenters. The van der Waals surface area contributed by atoms with Gasteiger partial charge in [-0.25, -0.2) is 0 Å². The second-order valence-corrected chi connectivity index (χ2v) is 11.6. The van der Waals surface area contributed by atoms with Crippen molar-refractivity contribution >= 4 is 22.3 Å². The van der Waals surface area contributed by atoms with Crippen LogP contribution in [0.4, 0.5) is 11.5 Å². The standard InChI is InChI=1S/C32H44N6O/c1-3-31-29-11-10-28(39-2)22-30(29)32(35-34-31)33-25-12-18-36(19-13-25)23-24-6-8-26(9-7-24)38-20-14-27(15-21-38)37-16-4-5-17-37/h6-11,22,25,27H,3-5,12-21,23H2,1-2H3,(H,33,35). The van der Waals surface area contributed by atoms with Crippen molar-refractivity contribution < 1.29 is 4.74 Å². The van der Waals surface area contributed by atoms with Crippen molar-refractivity contribution in [1.29, 1.82) is 0 Å². The zero-order valence-corrected chi connectivity index (χ0v) is 23.7. The molecule has 7 heteroatoms. The second kappa shape index (κ2) is 12.1. The zero-order chi connectivity index (χ0) is 26.6. The third-order valence-corrected chi connectivity index (χ3v) is 9.16.